The number of likely N-dealkylation sites (tertiary alicyclic amines) is 1. The highest BCUT2D eigenvalue weighted by molar-refractivity contribution is 7.92. The lowest BCUT2D eigenvalue weighted by Crippen LogP contribution is -2.21. The molecule has 2 heterocycles. The van der Waals surface area contributed by atoms with Gasteiger partial charge in [0.2, 0.25) is 0 Å². The van der Waals surface area contributed by atoms with Crippen molar-refractivity contribution in [2.24, 2.45) is 11.8 Å². The number of nitrogens with one attached hydrogen (secondary N) is 2. The number of hydrogen-bond donors (Lipinski definition) is 3. The van der Waals surface area contributed by atoms with E-state index in [0.717, 1.165) is 44.5 Å². The average Bonchev–Trinajstić information content (AvgIpc) is 3.48. The maximum Gasteiger partial charge on any atom is 0.341 e. The van der Waals surface area contributed by atoms with Crippen molar-refractivity contribution in [2.45, 2.75) is 37.0 Å². The number of anilines is 2. The Labute approximate surface area is 200 Å². The van der Waals surface area contributed by atoms with Gasteiger partial charge in [0.25, 0.3) is 10.0 Å². The first kappa shape index (κ1) is 23.0. The Hall–Kier alpha value is -2.78. The number of nitrogens with zero attached hydrogens (tertiary/aromatic N) is 1. The lowest BCUT2D eigenvalue weighted by Gasteiger charge is -2.21. The van der Waals surface area contributed by atoms with Crippen molar-refractivity contribution in [1.82, 2.24) is 4.90 Å². The molecule has 1 aliphatic carbocycles. The third kappa shape index (κ3) is 4.46. The van der Waals surface area contributed by atoms with Gasteiger partial charge in [0, 0.05) is 19.0 Å². The van der Waals surface area contributed by atoms with Gasteiger partial charge in [0.1, 0.15) is 16.2 Å². The van der Waals surface area contributed by atoms with E-state index in [1.807, 2.05) is 0 Å². The quantitative estimate of drug-likeness (QED) is 0.495. The van der Waals surface area contributed by atoms with E-state index in [1.165, 1.54) is 6.07 Å². The summed E-state index contributed by atoms with van der Waals surface area (Å²) < 4.78 is 34.9. The zero-order valence-electron chi connectivity index (χ0n) is 19.3. The lowest BCUT2D eigenvalue weighted by molar-refractivity contribution is 0.0692. The van der Waals surface area contributed by atoms with Crippen molar-refractivity contribution >= 4 is 27.4 Å². The molecule has 2 aliphatic heterocycles. The second-order valence-corrected chi connectivity index (χ2v) is 11.1. The largest absolute Gasteiger partial charge is 0.492 e. The summed E-state index contributed by atoms with van der Waals surface area (Å²) in [5.74, 6) is 0.424. The lowest BCUT2D eigenvalue weighted by atomic mass is 10.0. The smallest absolute Gasteiger partial charge is 0.341 e. The molecule has 182 valence electrons. The van der Waals surface area contributed by atoms with Crippen LogP contribution in [0.2, 0.25) is 0 Å². The van der Waals surface area contributed by atoms with Crippen LogP contribution < -0.4 is 14.8 Å². The first-order chi connectivity index (χ1) is 16.4. The summed E-state index contributed by atoms with van der Waals surface area (Å²) in [5, 5.41) is 13.2. The summed E-state index contributed by atoms with van der Waals surface area (Å²) >= 11 is 0. The Kier molecular flexibility index (Phi) is 6.16. The molecule has 0 aromatic heterocycles. The molecule has 2 fully saturated rings. The van der Waals surface area contributed by atoms with Gasteiger partial charge in [0.05, 0.1) is 18.0 Å². The maximum absolute atomic E-state index is 13.3. The Bertz CT molecular complexity index is 1200. The van der Waals surface area contributed by atoms with Gasteiger partial charge < -0.3 is 20.1 Å². The van der Waals surface area contributed by atoms with E-state index >= 15 is 0 Å². The molecule has 8 nitrogen and oxygen atoms in total. The highest BCUT2D eigenvalue weighted by Crippen LogP contribution is 2.55. The molecule has 0 spiro atoms. The third-order valence-corrected chi connectivity index (χ3v) is 8.70. The number of fused-ring (bicyclic) bond motifs is 3. The first-order valence-electron chi connectivity index (χ1n) is 12.0. The van der Waals surface area contributed by atoms with Crippen LogP contribution in [0.4, 0.5) is 11.4 Å². The zero-order valence-corrected chi connectivity index (χ0v) is 20.1. The molecule has 3 aliphatic rings. The number of sulfonamides is 1. The minimum Gasteiger partial charge on any atom is -0.492 e. The molecule has 5 rings (SSSR count). The van der Waals surface area contributed by atoms with Gasteiger partial charge in [-0.1, -0.05) is 25.1 Å². The summed E-state index contributed by atoms with van der Waals surface area (Å²) in [6.45, 7) is 6.57. The molecule has 1 saturated carbocycles. The van der Waals surface area contributed by atoms with Crippen LogP contribution in [-0.2, 0) is 10.0 Å². The van der Waals surface area contributed by atoms with Crippen LogP contribution in [-0.4, -0.2) is 57.2 Å². The van der Waals surface area contributed by atoms with E-state index in [9.17, 15) is 18.3 Å². The van der Waals surface area contributed by atoms with E-state index in [0.29, 0.717) is 36.6 Å². The van der Waals surface area contributed by atoms with Gasteiger partial charge in [-0.25, -0.2) is 13.2 Å². The molecule has 0 unspecified atom stereocenters. The monoisotopic (exact) mass is 485 g/mol. The SMILES string of the molecule is CCN1CC[C@H](CCNc2ccccc2S(=O)(=O)Nc2ccc3c(c2C(=O)O)OC[C@H]2C[C@@H]32)C1. The Morgan fingerprint density at radius 2 is 2.03 bits per heavy atom. The normalized spacial score (nSPS) is 23.5. The molecule has 2 aromatic rings. The molecule has 0 bridgehead atoms. The molecule has 3 atom stereocenters. The summed E-state index contributed by atoms with van der Waals surface area (Å²) in [5.41, 5.74) is 1.25. The second kappa shape index (κ2) is 9.11. The van der Waals surface area contributed by atoms with Crippen LogP contribution in [0.5, 0.6) is 5.75 Å². The van der Waals surface area contributed by atoms with E-state index in [1.54, 1.807) is 30.3 Å². The van der Waals surface area contributed by atoms with Crippen LogP contribution in [0.15, 0.2) is 41.3 Å². The van der Waals surface area contributed by atoms with E-state index < -0.39 is 16.0 Å². The average molecular weight is 486 g/mol. The van der Waals surface area contributed by atoms with Crippen molar-refractivity contribution in [2.75, 3.05) is 42.8 Å². The van der Waals surface area contributed by atoms with Crippen molar-refractivity contribution in [3.05, 3.63) is 47.5 Å². The fourth-order valence-corrected chi connectivity index (χ4v) is 6.50. The van der Waals surface area contributed by atoms with Gasteiger partial charge in [-0.2, -0.15) is 0 Å². The fraction of sp³-hybridized carbons (Fsp3) is 0.480. The molecule has 9 heteroatoms. The van der Waals surface area contributed by atoms with Crippen LogP contribution >= 0.6 is 0 Å². The Morgan fingerprint density at radius 3 is 2.79 bits per heavy atom. The molecule has 2 aromatic carbocycles. The second-order valence-electron chi connectivity index (χ2n) is 9.49. The molecule has 0 amide bonds. The number of benzene rings is 2. The highest BCUT2D eigenvalue weighted by atomic mass is 32.2. The van der Waals surface area contributed by atoms with Crippen molar-refractivity contribution in [1.29, 1.82) is 0 Å². The molecular weight excluding hydrogens is 454 g/mol. The van der Waals surface area contributed by atoms with Gasteiger partial charge in [0.15, 0.2) is 0 Å². The minimum absolute atomic E-state index is 0.0192. The number of ether oxygens (including phenoxy) is 1. The fourth-order valence-electron chi connectivity index (χ4n) is 5.24. The van der Waals surface area contributed by atoms with Gasteiger partial charge in [-0.05, 0) is 68.0 Å². The van der Waals surface area contributed by atoms with E-state index in [4.69, 9.17) is 4.74 Å². The van der Waals surface area contributed by atoms with Crippen LogP contribution in [0.25, 0.3) is 0 Å². The predicted octanol–water partition coefficient (Wildman–Crippen LogP) is 3.83. The molecule has 3 N–H and O–H groups in total. The van der Waals surface area contributed by atoms with Crippen LogP contribution in [0.3, 0.4) is 0 Å². The van der Waals surface area contributed by atoms with Crippen molar-refractivity contribution in [3.8, 4) is 5.75 Å². The summed E-state index contributed by atoms with van der Waals surface area (Å²) in [7, 11) is -4.03. The molecule has 1 saturated heterocycles. The van der Waals surface area contributed by atoms with Crippen molar-refractivity contribution < 1.29 is 23.1 Å². The Balaban J connectivity index is 1.34. The minimum atomic E-state index is -4.03. The van der Waals surface area contributed by atoms with Crippen LogP contribution in [0.1, 0.15) is 48.0 Å². The van der Waals surface area contributed by atoms with Gasteiger partial charge in [-0.15, -0.1) is 0 Å². The number of para-hydroxylation sites is 1. The van der Waals surface area contributed by atoms with Crippen molar-refractivity contribution in [3.63, 3.8) is 0 Å². The predicted molar refractivity (Wildman–Crippen MR) is 130 cm³/mol. The number of rotatable bonds is 9. The Morgan fingerprint density at radius 1 is 1.21 bits per heavy atom. The molecule has 0 radical (unpaired) electrons. The number of carboxylic acids is 1. The third-order valence-electron chi connectivity index (χ3n) is 7.27. The summed E-state index contributed by atoms with van der Waals surface area (Å²) in [6.07, 6.45) is 3.11. The number of carboxylic acid groups (broad SMARTS) is 1. The molecule has 34 heavy (non-hydrogen) atoms. The number of hydrogen-bond acceptors (Lipinski definition) is 6. The standard InChI is InChI=1S/C25H31N3O5S/c1-2-28-12-10-16(14-28)9-11-26-20-5-3-4-6-22(20)34(31,32)27-21-8-7-18-19-13-17(19)15-33-24(18)23(21)25(29)30/h3-8,16-17,19,26-27H,2,9-15H2,1H3,(H,29,30)/t16-,17+,19+/m0/s1. The topological polar surface area (TPSA) is 108 Å². The van der Waals surface area contributed by atoms with Gasteiger partial charge >= 0.3 is 5.97 Å². The first-order valence-corrected chi connectivity index (χ1v) is 13.5. The number of carbonyl (C=O) groups is 1. The van der Waals surface area contributed by atoms with E-state index in [-0.39, 0.29) is 21.9 Å². The maximum atomic E-state index is 13.3. The van der Waals surface area contributed by atoms with E-state index in [2.05, 4.69) is 21.9 Å². The van der Waals surface area contributed by atoms with Crippen LogP contribution in [0, 0.1) is 11.8 Å². The highest BCUT2D eigenvalue weighted by Gasteiger charge is 2.45. The zero-order chi connectivity index (χ0) is 23.9. The molecular formula is C25H31N3O5S. The number of aromatic carboxylic acids is 1. The summed E-state index contributed by atoms with van der Waals surface area (Å²) in [4.78, 5) is 14.6. The van der Waals surface area contributed by atoms with Gasteiger partial charge in [-0.3, -0.25) is 4.72 Å². The summed E-state index contributed by atoms with van der Waals surface area (Å²) in [6, 6.07) is 10.1.